The van der Waals surface area contributed by atoms with Gasteiger partial charge in [-0.25, -0.2) is 0 Å². The van der Waals surface area contributed by atoms with Crippen LogP contribution < -0.4 is 14.9 Å². The lowest BCUT2D eigenvalue weighted by molar-refractivity contribution is -0.103. The number of allylic oxidation sites excluding steroid dienone is 2. The van der Waals surface area contributed by atoms with Crippen LogP contribution in [-0.4, -0.2) is 36.0 Å². The molecule has 2 N–H and O–H groups in total. The number of halogens is 2. The van der Waals surface area contributed by atoms with Crippen molar-refractivity contribution in [1.29, 1.82) is 5.26 Å². The van der Waals surface area contributed by atoms with Crippen LogP contribution in [0.1, 0.15) is 62.3 Å². The molecular formula is C29H39Cl2N3O3. The lowest BCUT2D eigenvalue weighted by atomic mass is 10.1. The highest BCUT2D eigenvalue weighted by molar-refractivity contribution is 6.32. The molecule has 2 rings (SSSR count). The molecule has 0 fully saturated rings. The molecule has 0 spiro atoms. The van der Waals surface area contributed by atoms with Crippen molar-refractivity contribution in [2.24, 2.45) is 0 Å². The fourth-order valence-electron chi connectivity index (χ4n) is 3.46. The van der Waals surface area contributed by atoms with Crippen molar-refractivity contribution in [1.82, 2.24) is 10.6 Å². The number of rotatable bonds is 13. The van der Waals surface area contributed by atoms with Crippen molar-refractivity contribution < 1.29 is 14.7 Å². The molecule has 0 aliphatic heterocycles. The Morgan fingerprint density at radius 1 is 1.32 bits per heavy atom. The summed E-state index contributed by atoms with van der Waals surface area (Å²) in [6.45, 7) is 12.4. The second kappa shape index (κ2) is 17.7. The first kappa shape index (κ1) is 32.3. The van der Waals surface area contributed by atoms with Crippen LogP contribution in [0.4, 0.5) is 0 Å². The summed E-state index contributed by atoms with van der Waals surface area (Å²) in [5, 5.41) is 19.4. The van der Waals surface area contributed by atoms with E-state index in [0.29, 0.717) is 28.8 Å². The van der Waals surface area contributed by atoms with Gasteiger partial charge in [0, 0.05) is 12.7 Å². The number of hydroxylamine groups is 1. The standard InChI is InChI=1S/C17H26N2O2.C12H13Cl2NO/c1-6-7-16-12-17(11-8-13(16)2)21-15(4)10-9-14(3)18-19(5)20;1-2-3-9-6-10(8-15)12(11(14)7-9)16-5-4-13/h6-8,11-12,15,18,20H,3,9-10H2,1-2,4-5H3;6-7H,2-5H2,1H3/b7-6-;. The van der Waals surface area contributed by atoms with Crippen molar-refractivity contribution >= 4 is 29.3 Å². The number of hydrazine groups is 1. The molecule has 0 saturated heterocycles. The SMILES string of the molecule is C=C(CCC(C)Oc1ccc(C)c(/C=C\C)c1)NN(C)O.CCCc1cc(Cl)c(OCCCl)c(C#N)c1. The largest absolute Gasteiger partial charge is 0.491 e. The zero-order chi connectivity index (χ0) is 27.8. The number of benzene rings is 2. The van der Waals surface area contributed by atoms with Crippen molar-refractivity contribution in [3.63, 3.8) is 0 Å². The number of aryl methyl sites for hydroxylation is 2. The summed E-state index contributed by atoms with van der Waals surface area (Å²) in [6, 6.07) is 11.9. The lowest BCUT2D eigenvalue weighted by Gasteiger charge is -2.18. The zero-order valence-corrected chi connectivity index (χ0v) is 24.0. The summed E-state index contributed by atoms with van der Waals surface area (Å²) in [7, 11) is 1.51. The Morgan fingerprint density at radius 3 is 2.65 bits per heavy atom. The van der Waals surface area contributed by atoms with E-state index in [4.69, 9.17) is 43.1 Å². The molecule has 2 aromatic rings. The molecule has 0 bridgehead atoms. The van der Waals surface area contributed by atoms with Crippen LogP contribution in [0.3, 0.4) is 0 Å². The molecule has 2 aromatic carbocycles. The molecule has 0 aromatic heterocycles. The summed E-state index contributed by atoms with van der Waals surface area (Å²) < 4.78 is 11.3. The lowest BCUT2D eigenvalue weighted by Crippen LogP contribution is -2.30. The Labute approximate surface area is 232 Å². The summed E-state index contributed by atoms with van der Waals surface area (Å²) in [4.78, 5) is 0. The quantitative estimate of drug-likeness (QED) is 0.197. The highest BCUT2D eigenvalue weighted by Crippen LogP contribution is 2.30. The minimum absolute atomic E-state index is 0.0775. The van der Waals surface area contributed by atoms with E-state index in [1.165, 1.54) is 18.2 Å². The second-order valence-electron chi connectivity index (χ2n) is 8.58. The molecule has 6 nitrogen and oxygen atoms in total. The summed E-state index contributed by atoms with van der Waals surface area (Å²) >= 11 is 11.6. The molecule has 1 atom stereocenters. The van der Waals surface area contributed by atoms with Crippen LogP contribution in [0, 0.1) is 18.3 Å². The maximum Gasteiger partial charge on any atom is 0.155 e. The monoisotopic (exact) mass is 547 g/mol. The highest BCUT2D eigenvalue weighted by Gasteiger charge is 2.11. The van der Waals surface area contributed by atoms with Crippen LogP contribution in [0.15, 0.2) is 48.7 Å². The third-order valence-corrected chi connectivity index (χ3v) is 5.63. The zero-order valence-electron chi connectivity index (χ0n) is 22.5. The van der Waals surface area contributed by atoms with E-state index in [0.717, 1.165) is 47.9 Å². The maximum absolute atomic E-state index is 9.05. The Balaban J connectivity index is 0.000000384. The minimum Gasteiger partial charge on any atom is -0.491 e. The molecule has 0 aliphatic carbocycles. The molecule has 8 heteroatoms. The first-order valence-electron chi connectivity index (χ1n) is 12.3. The van der Waals surface area contributed by atoms with Crippen LogP contribution in [0.5, 0.6) is 11.5 Å². The molecule has 0 heterocycles. The summed E-state index contributed by atoms with van der Waals surface area (Å²) in [6.07, 6.45) is 7.67. The Kier molecular flexibility index (Phi) is 15.5. The fraction of sp³-hybridized carbons (Fsp3) is 0.414. The van der Waals surface area contributed by atoms with Crippen molar-refractivity contribution in [3.05, 3.63) is 76.0 Å². The number of nitrogens with zero attached hydrogens (tertiary/aromatic N) is 2. The van der Waals surface area contributed by atoms with Gasteiger partial charge in [-0.3, -0.25) is 5.21 Å². The smallest absolute Gasteiger partial charge is 0.155 e. The first-order valence-corrected chi connectivity index (χ1v) is 13.2. The molecule has 202 valence electrons. The molecule has 37 heavy (non-hydrogen) atoms. The van der Waals surface area contributed by atoms with Gasteiger partial charge >= 0.3 is 0 Å². The predicted molar refractivity (Wildman–Crippen MR) is 153 cm³/mol. The normalized spacial score (nSPS) is 11.5. The molecule has 1 unspecified atom stereocenters. The van der Waals surface area contributed by atoms with E-state index < -0.39 is 0 Å². The maximum atomic E-state index is 9.05. The van der Waals surface area contributed by atoms with E-state index >= 15 is 0 Å². The Bertz CT molecular complexity index is 1070. The van der Waals surface area contributed by atoms with Gasteiger partial charge in [-0.05, 0) is 81.0 Å². The van der Waals surface area contributed by atoms with Gasteiger partial charge in [0.1, 0.15) is 18.4 Å². The van der Waals surface area contributed by atoms with Crippen LogP contribution in [0.25, 0.3) is 6.08 Å². The Hall–Kier alpha value is -2.69. The molecule has 0 aliphatic rings. The average molecular weight is 549 g/mol. The Morgan fingerprint density at radius 2 is 2.05 bits per heavy atom. The van der Waals surface area contributed by atoms with Gasteiger partial charge in [0.2, 0.25) is 0 Å². The van der Waals surface area contributed by atoms with E-state index in [1.807, 2.05) is 38.1 Å². The predicted octanol–water partition coefficient (Wildman–Crippen LogP) is 7.70. The van der Waals surface area contributed by atoms with Crippen molar-refractivity contribution in [2.45, 2.75) is 59.5 Å². The number of nitrogens with one attached hydrogen (secondary N) is 1. The summed E-state index contributed by atoms with van der Waals surface area (Å²) in [5.41, 5.74) is 7.42. The topological polar surface area (TPSA) is 77.8 Å². The van der Waals surface area contributed by atoms with Gasteiger partial charge < -0.3 is 14.9 Å². The van der Waals surface area contributed by atoms with Gasteiger partial charge in [-0.15, -0.1) is 16.8 Å². The third-order valence-electron chi connectivity index (χ3n) is 5.19. The molecule has 0 saturated carbocycles. The minimum atomic E-state index is 0.0775. The first-order chi connectivity index (χ1) is 17.6. The summed E-state index contributed by atoms with van der Waals surface area (Å²) in [5.74, 6) is 1.68. The van der Waals surface area contributed by atoms with Crippen LogP contribution in [-0.2, 0) is 6.42 Å². The average Bonchev–Trinajstić information content (AvgIpc) is 2.84. The number of ether oxygens (including phenoxy) is 2. The van der Waals surface area contributed by atoms with Gasteiger partial charge in [-0.2, -0.15) is 5.26 Å². The van der Waals surface area contributed by atoms with Crippen LogP contribution >= 0.6 is 23.2 Å². The third kappa shape index (κ3) is 12.4. The van der Waals surface area contributed by atoms with Gasteiger partial charge in [0.25, 0.3) is 0 Å². The molecule has 0 amide bonds. The number of nitriles is 1. The van der Waals surface area contributed by atoms with Crippen LogP contribution in [0.2, 0.25) is 5.02 Å². The molecular weight excluding hydrogens is 509 g/mol. The van der Waals surface area contributed by atoms with E-state index in [2.05, 4.69) is 50.1 Å². The van der Waals surface area contributed by atoms with Gasteiger partial charge in [0.05, 0.1) is 22.6 Å². The van der Waals surface area contributed by atoms with Crippen molar-refractivity contribution in [2.75, 3.05) is 19.5 Å². The van der Waals surface area contributed by atoms with E-state index in [1.54, 1.807) is 0 Å². The van der Waals surface area contributed by atoms with E-state index in [9.17, 15) is 0 Å². The van der Waals surface area contributed by atoms with Crippen molar-refractivity contribution in [3.8, 4) is 17.6 Å². The fourth-order valence-corrected chi connectivity index (χ4v) is 3.83. The van der Waals surface area contributed by atoms with Gasteiger partial charge in [0.15, 0.2) is 5.75 Å². The van der Waals surface area contributed by atoms with E-state index in [-0.39, 0.29) is 6.10 Å². The number of alkyl halides is 1. The van der Waals surface area contributed by atoms with Gasteiger partial charge in [-0.1, -0.05) is 49.7 Å². The second-order valence-corrected chi connectivity index (χ2v) is 9.36. The highest BCUT2D eigenvalue weighted by atomic mass is 35.5. The number of hydrogen-bond acceptors (Lipinski definition) is 6. The number of hydrogen-bond donors (Lipinski definition) is 2. The molecule has 0 radical (unpaired) electrons.